The molecule has 0 aliphatic carbocycles. The lowest BCUT2D eigenvalue weighted by atomic mass is 10.1. The van der Waals surface area contributed by atoms with Gasteiger partial charge in [-0.1, -0.05) is 22.9 Å². The van der Waals surface area contributed by atoms with Crippen LogP contribution in [0.1, 0.15) is 12.5 Å². The molecule has 0 N–H and O–H groups in total. The topological polar surface area (TPSA) is 29.5 Å². The first kappa shape index (κ1) is 11.5. The Morgan fingerprint density at radius 1 is 1.50 bits per heavy atom. The van der Waals surface area contributed by atoms with Crippen LogP contribution in [0.15, 0.2) is 16.6 Å². The highest BCUT2D eigenvalue weighted by Crippen LogP contribution is 2.37. The minimum atomic E-state index is -0.101. The quantitative estimate of drug-likeness (QED) is 0.733. The van der Waals surface area contributed by atoms with E-state index in [1.54, 1.807) is 11.9 Å². The third-order valence-corrected chi connectivity index (χ3v) is 3.27. The molecule has 1 unspecified atom stereocenters. The summed E-state index contributed by atoms with van der Waals surface area (Å²) >= 11 is 3.44. The van der Waals surface area contributed by atoms with E-state index in [-0.39, 0.29) is 11.8 Å². The number of rotatable bonds is 0. The third kappa shape index (κ3) is 1.82. The zero-order valence-electron chi connectivity index (χ0n) is 9.58. The zero-order valence-corrected chi connectivity index (χ0v) is 11.2. The van der Waals surface area contributed by atoms with Gasteiger partial charge in [0.2, 0.25) is 5.91 Å². The first-order valence-electron chi connectivity index (χ1n) is 5.21. The molecular formula is C12H14BrNO2. The van der Waals surface area contributed by atoms with Gasteiger partial charge in [-0.05, 0) is 24.6 Å². The number of carbonyl (C=O) groups is 1. The Morgan fingerprint density at radius 2 is 2.19 bits per heavy atom. The summed E-state index contributed by atoms with van der Waals surface area (Å²) in [5.41, 5.74) is 1.87. The van der Waals surface area contributed by atoms with Crippen molar-refractivity contribution in [2.45, 2.75) is 13.8 Å². The molecule has 0 saturated heterocycles. The molecule has 1 atom stereocenters. The van der Waals surface area contributed by atoms with Gasteiger partial charge in [0, 0.05) is 11.5 Å². The molecule has 1 heterocycles. The zero-order chi connectivity index (χ0) is 11.9. The summed E-state index contributed by atoms with van der Waals surface area (Å²) in [6.45, 7) is 4.31. The molecule has 1 aliphatic rings. The Bertz CT molecular complexity index is 445. The lowest BCUT2D eigenvalue weighted by Gasteiger charge is -2.18. The van der Waals surface area contributed by atoms with E-state index >= 15 is 0 Å². The van der Waals surface area contributed by atoms with Crippen molar-refractivity contribution in [3.63, 3.8) is 0 Å². The highest BCUT2D eigenvalue weighted by Gasteiger charge is 2.27. The number of carbonyl (C=O) groups excluding carboxylic acids is 1. The van der Waals surface area contributed by atoms with Gasteiger partial charge in [-0.15, -0.1) is 0 Å². The Morgan fingerprint density at radius 3 is 2.88 bits per heavy atom. The number of benzene rings is 1. The first-order chi connectivity index (χ1) is 7.50. The Kier molecular flexibility index (Phi) is 2.93. The summed E-state index contributed by atoms with van der Waals surface area (Å²) in [6.07, 6.45) is 0. The number of ether oxygens (including phenoxy) is 1. The number of fused-ring (bicyclic) bond motifs is 1. The molecule has 1 aromatic carbocycles. The molecule has 1 amide bonds. The van der Waals surface area contributed by atoms with Crippen LogP contribution in [0.25, 0.3) is 0 Å². The van der Waals surface area contributed by atoms with Crippen molar-refractivity contribution < 1.29 is 9.53 Å². The van der Waals surface area contributed by atoms with Crippen molar-refractivity contribution >= 4 is 27.5 Å². The largest absolute Gasteiger partial charge is 0.490 e. The Labute approximate surface area is 104 Å². The fourth-order valence-corrected chi connectivity index (χ4v) is 2.44. The second kappa shape index (κ2) is 4.09. The molecule has 0 saturated carbocycles. The number of halogens is 1. The van der Waals surface area contributed by atoms with Crippen molar-refractivity contribution in [2.24, 2.45) is 5.92 Å². The second-order valence-corrected chi connectivity index (χ2v) is 5.10. The minimum Gasteiger partial charge on any atom is -0.490 e. The van der Waals surface area contributed by atoms with E-state index in [0.29, 0.717) is 6.61 Å². The lowest BCUT2D eigenvalue weighted by Crippen LogP contribution is -2.31. The highest BCUT2D eigenvalue weighted by atomic mass is 79.9. The van der Waals surface area contributed by atoms with Crippen molar-refractivity contribution in [1.29, 1.82) is 0 Å². The molecule has 0 radical (unpaired) electrons. The predicted molar refractivity (Wildman–Crippen MR) is 66.9 cm³/mol. The molecular weight excluding hydrogens is 270 g/mol. The van der Waals surface area contributed by atoms with Crippen LogP contribution in [-0.2, 0) is 4.79 Å². The molecule has 2 rings (SSSR count). The van der Waals surface area contributed by atoms with Crippen molar-refractivity contribution in [2.75, 3.05) is 18.6 Å². The average molecular weight is 284 g/mol. The van der Waals surface area contributed by atoms with E-state index in [0.717, 1.165) is 21.5 Å². The Balaban J connectivity index is 2.57. The van der Waals surface area contributed by atoms with E-state index in [2.05, 4.69) is 15.9 Å². The van der Waals surface area contributed by atoms with Crippen molar-refractivity contribution in [3.8, 4) is 5.75 Å². The van der Waals surface area contributed by atoms with E-state index in [1.165, 1.54) is 0 Å². The molecule has 86 valence electrons. The maximum Gasteiger partial charge on any atom is 0.233 e. The number of hydrogen-bond acceptors (Lipinski definition) is 2. The molecule has 1 aromatic rings. The maximum absolute atomic E-state index is 12.0. The summed E-state index contributed by atoms with van der Waals surface area (Å²) < 4.78 is 6.66. The van der Waals surface area contributed by atoms with Crippen molar-refractivity contribution in [1.82, 2.24) is 0 Å². The second-order valence-electron chi connectivity index (χ2n) is 4.18. The van der Waals surface area contributed by atoms with E-state index < -0.39 is 0 Å². The molecule has 0 bridgehead atoms. The monoisotopic (exact) mass is 283 g/mol. The van der Waals surface area contributed by atoms with Crippen LogP contribution >= 0.6 is 15.9 Å². The normalized spacial score (nSPS) is 20.1. The van der Waals surface area contributed by atoms with Gasteiger partial charge in [0.15, 0.2) is 0 Å². The van der Waals surface area contributed by atoms with Gasteiger partial charge >= 0.3 is 0 Å². The fourth-order valence-electron chi connectivity index (χ4n) is 1.88. The lowest BCUT2D eigenvalue weighted by molar-refractivity contribution is -0.122. The van der Waals surface area contributed by atoms with E-state index in [1.807, 2.05) is 26.0 Å². The standard InChI is InChI=1S/C12H14BrNO2/c1-7-4-9(13)5-10-11(7)16-6-8(2)12(15)14(10)3/h4-5,8H,6H2,1-3H3. The maximum atomic E-state index is 12.0. The van der Waals surface area contributed by atoms with Gasteiger partial charge in [0.1, 0.15) is 5.75 Å². The number of aryl methyl sites for hydroxylation is 1. The number of anilines is 1. The van der Waals surface area contributed by atoms with Gasteiger partial charge in [-0.25, -0.2) is 0 Å². The molecule has 0 spiro atoms. The molecule has 16 heavy (non-hydrogen) atoms. The van der Waals surface area contributed by atoms with Gasteiger partial charge in [-0.2, -0.15) is 0 Å². The Hall–Kier alpha value is -1.03. The van der Waals surface area contributed by atoms with Crippen LogP contribution in [-0.4, -0.2) is 19.6 Å². The van der Waals surface area contributed by atoms with Crippen LogP contribution in [0, 0.1) is 12.8 Å². The summed E-state index contributed by atoms with van der Waals surface area (Å²) in [7, 11) is 1.79. The van der Waals surface area contributed by atoms with Gasteiger partial charge < -0.3 is 9.64 Å². The first-order valence-corrected chi connectivity index (χ1v) is 6.00. The number of hydrogen-bond donors (Lipinski definition) is 0. The number of amides is 1. The van der Waals surface area contributed by atoms with Gasteiger partial charge in [0.25, 0.3) is 0 Å². The van der Waals surface area contributed by atoms with Crippen LogP contribution < -0.4 is 9.64 Å². The van der Waals surface area contributed by atoms with Crippen molar-refractivity contribution in [3.05, 3.63) is 22.2 Å². The van der Waals surface area contributed by atoms with Crippen LogP contribution in [0.5, 0.6) is 5.75 Å². The summed E-state index contributed by atoms with van der Waals surface area (Å²) in [4.78, 5) is 13.6. The van der Waals surface area contributed by atoms with Crippen LogP contribution in [0.3, 0.4) is 0 Å². The number of nitrogens with zero attached hydrogens (tertiary/aromatic N) is 1. The van der Waals surface area contributed by atoms with Gasteiger partial charge in [0.05, 0.1) is 18.2 Å². The van der Waals surface area contributed by atoms with Gasteiger partial charge in [-0.3, -0.25) is 4.79 Å². The molecule has 3 nitrogen and oxygen atoms in total. The summed E-state index contributed by atoms with van der Waals surface area (Å²) in [5.74, 6) is 0.801. The SMILES string of the molecule is Cc1cc(Br)cc2c1OCC(C)C(=O)N2C. The van der Waals surface area contributed by atoms with Crippen LogP contribution in [0.4, 0.5) is 5.69 Å². The highest BCUT2D eigenvalue weighted by molar-refractivity contribution is 9.10. The molecule has 1 aliphatic heterocycles. The molecule has 0 fully saturated rings. The summed E-state index contributed by atoms with van der Waals surface area (Å²) in [6, 6.07) is 3.91. The van der Waals surface area contributed by atoms with E-state index in [4.69, 9.17) is 4.74 Å². The predicted octanol–water partition coefficient (Wildman–Crippen LogP) is 2.75. The average Bonchev–Trinajstić information content (AvgIpc) is 2.32. The van der Waals surface area contributed by atoms with E-state index in [9.17, 15) is 4.79 Å². The summed E-state index contributed by atoms with van der Waals surface area (Å²) in [5, 5.41) is 0. The molecule has 0 aromatic heterocycles. The fraction of sp³-hybridized carbons (Fsp3) is 0.417. The smallest absolute Gasteiger partial charge is 0.233 e. The third-order valence-electron chi connectivity index (χ3n) is 2.81. The van der Waals surface area contributed by atoms with Crippen LogP contribution in [0.2, 0.25) is 0 Å². The minimum absolute atomic E-state index is 0.0938. The molecule has 4 heteroatoms.